The molecular formula is C13H22N4O5. The first kappa shape index (κ1) is 15.5. The molecule has 3 rings (SSSR count). The summed E-state index contributed by atoms with van der Waals surface area (Å²) in [6.45, 7) is 4.70. The molecule has 0 radical (unpaired) electrons. The average molecular weight is 314 g/mol. The number of ether oxygens (including phenoxy) is 1. The number of urea groups is 1. The van der Waals surface area contributed by atoms with Gasteiger partial charge in [-0.1, -0.05) is 0 Å². The predicted octanol–water partition coefficient (Wildman–Crippen LogP) is -0.976. The fourth-order valence-electron chi connectivity index (χ4n) is 3.11. The summed E-state index contributed by atoms with van der Waals surface area (Å²) in [7, 11) is 0. The molecule has 0 saturated carbocycles. The predicted molar refractivity (Wildman–Crippen MR) is 73.9 cm³/mol. The van der Waals surface area contributed by atoms with E-state index < -0.39 is 12.1 Å². The molecule has 3 aliphatic heterocycles. The summed E-state index contributed by atoms with van der Waals surface area (Å²) < 4.78 is 5.26. The van der Waals surface area contributed by atoms with Crippen molar-refractivity contribution in [1.29, 1.82) is 0 Å². The molecule has 0 aliphatic carbocycles. The Morgan fingerprint density at radius 1 is 1.36 bits per heavy atom. The smallest absolute Gasteiger partial charge is 0.344 e. The summed E-state index contributed by atoms with van der Waals surface area (Å²) in [5.41, 5.74) is 2.42. The molecule has 2 bridgehead atoms. The van der Waals surface area contributed by atoms with E-state index in [1.54, 1.807) is 0 Å². The van der Waals surface area contributed by atoms with Gasteiger partial charge in [-0.05, 0) is 12.8 Å². The van der Waals surface area contributed by atoms with Crippen molar-refractivity contribution >= 4 is 11.9 Å². The van der Waals surface area contributed by atoms with E-state index in [-0.39, 0.29) is 11.9 Å². The lowest BCUT2D eigenvalue weighted by Gasteiger charge is -2.29. The molecule has 2 N–H and O–H groups in total. The van der Waals surface area contributed by atoms with Crippen molar-refractivity contribution in [3.63, 3.8) is 0 Å². The van der Waals surface area contributed by atoms with E-state index in [0.29, 0.717) is 26.0 Å². The molecule has 124 valence electrons. The van der Waals surface area contributed by atoms with E-state index in [4.69, 9.17) is 9.57 Å². The van der Waals surface area contributed by atoms with Crippen molar-refractivity contribution in [2.75, 3.05) is 46.0 Å². The van der Waals surface area contributed by atoms with Crippen molar-refractivity contribution in [1.82, 2.24) is 20.3 Å². The average Bonchev–Trinajstić information content (AvgIpc) is 2.77. The Bertz CT molecular complexity index is 429. The Labute approximate surface area is 128 Å². The van der Waals surface area contributed by atoms with Gasteiger partial charge in [0, 0.05) is 26.2 Å². The van der Waals surface area contributed by atoms with Crippen LogP contribution < -0.4 is 5.48 Å². The van der Waals surface area contributed by atoms with E-state index in [0.717, 1.165) is 37.9 Å². The van der Waals surface area contributed by atoms with Gasteiger partial charge < -0.3 is 9.64 Å². The molecule has 9 nitrogen and oxygen atoms in total. The zero-order valence-electron chi connectivity index (χ0n) is 12.4. The highest BCUT2D eigenvalue weighted by molar-refractivity contribution is 5.87. The van der Waals surface area contributed by atoms with E-state index >= 15 is 0 Å². The molecule has 2 atom stereocenters. The van der Waals surface area contributed by atoms with Crippen molar-refractivity contribution < 1.29 is 24.4 Å². The Morgan fingerprint density at radius 2 is 2.14 bits per heavy atom. The lowest BCUT2D eigenvalue weighted by Crippen LogP contribution is -2.50. The van der Waals surface area contributed by atoms with Crippen LogP contribution in [0.4, 0.5) is 4.79 Å². The lowest BCUT2D eigenvalue weighted by molar-refractivity contribution is -0.139. The highest BCUT2D eigenvalue weighted by atomic mass is 16.7. The number of hydrogen-bond acceptors (Lipinski definition) is 6. The summed E-state index contributed by atoms with van der Waals surface area (Å²) in [4.78, 5) is 32.8. The molecular weight excluding hydrogens is 292 g/mol. The summed E-state index contributed by atoms with van der Waals surface area (Å²) in [6, 6.07) is -1.26. The van der Waals surface area contributed by atoms with Crippen LogP contribution in [0.1, 0.15) is 12.8 Å². The van der Waals surface area contributed by atoms with E-state index in [2.05, 4.69) is 10.4 Å². The maximum absolute atomic E-state index is 12.1. The monoisotopic (exact) mass is 314 g/mol. The molecule has 3 saturated heterocycles. The van der Waals surface area contributed by atoms with E-state index in [1.807, 2.05) is 0 Å². The molecule has 0 aromatic heterocycles. The first-order valence-corrected chi connectivity index (χ1v) is 7.67. The third-order valence-electron chi connectivity index (χ3n) is 4.43. The van der Waals surface area contributed by atoms with Crippen molar-refractivity contribution in [3.05, 3.63) is 0 Å². The number of morpholine rings is 1. The van der Waals surface area contributed by atoms with Crippen LogP contribution in [0.5, 0.6) is 0 Å². The Morgan fingerprint density at radius 3 is 2.91 bits per heavy atom. The largest absolute Gasteiger partial charge is 0.379 e. The van der Waals surface area contributed by atoms with Gasteiger partial charge in [-0.2, -0.15) is 0 Å². The summed E-state index contributed by atoms with van der Waals surface area (Å²) >= 11 is 0. The number of carbonyl (C=O) groups excluding carboxylic acids is 2. The number of carbonyl (C=O) groups is 2. The van der Waals surface area contributed by atoms with Gasteiger partial charge in [0.1, 0.15) is 6.04 Å². The standard InChI is InChI=1S/C13H22N4O5/c18-12(14-22-8-5-15-3-6-21-7-4-15)11-2-1-10-9-16(11)13(19)17(10)20/h10-11,20H,1-9H2,(H,14,18)/t10-,11+/m1/s1. The normalized spacial score (nSPS) is 29.0. The van der Waals surface area contributed by atoms with E-state index in [9.17, 15) is 14.8 Å². The van der Waals surface area contributed by atoms with E-state index in [1.165, 1.54) is 4.90 Å². The van der Waals surface area contributed by atoms with Gasteiger partial charge in [-0.15, -0.1) is 0 Å². The van der Waals surface area contributed by atoms with Gasteiger partial charge in [-0.3, -0.25) is 19.7 Å². The number of nitrogens with one attached hydrogen (secondary N) is 1. The van der Waals surface area contributed by atoms with Crippen LogP contribution in [-0.2, 0) is 14.4 Å². The van der Waals surface area contributed by atoms with Gasteiger partial charge in [-0.25, -0.2) is 15.3 Å². The number of fused-ring (bicyclic) bond motifs is 2. The second kappa shape index (κ2) is 6.78. The van der Waals surface area contributed by atoms with Gasteiger partial charge in [0.05, 0.1) is 25.9 Å². The Balaban J connectivity index is 1.39. The molecule has 3 amide bonds. The fraction of sp³-hybridized carbons (Fsp3) is 0.846. The molecule has 3 aliphatic rings. The fourth-order valence-corrected chi connectivity index (χ4v) is 3.11. The Hall–Kier alpha value is -1.42. The molecule has 0 aromatic carbocycles. The van der Waals surface area contributed by atoms with Gasteiger partial charge in [0.2, 0.25) is 0 Å². The molecule has 3 fully saturated rings. The minimum atomic E-state index is -0.565. The molecule has 0 spiro atoms. The Kier molecular flexibility index (Phi) is 4.77. The van der Waals surface area contributed by atoms with Gasteiger partial charge in [0.25, 0.3) is 5.91 Å². The van der Waals surface area contributed by atoms with Crippen molar-refractivity contribution in [2.45, 2.75) is 24.9 Å². The molecule has 3 heterocycles. The number of hydrogen-bond donors (Lipinski definition) is 2. The zero-order valence-corrected chi connectivity index (χ0v) is 12.4. The molecule has 0 unspecified atom stereocenters. The van der Waals surface area contributed by atoms with Crippen LogP contribution in [0.15, 0.2) is 0 Å². The number of hydroxylamine groups is 3. The minimum Gasteiger partial charge on any atom is -0.379 e. The van der Waals surface area contributed by atoms with Crippen LogP contribution in [0.3, 0.4) is 0 Å². The molecule has 9 heteroatoms. The third-order valence-corrected chi connectivity index (χ3v) is 4.43. The van der Waals surface area contributed by atoms with Crippen LogP contribution in [0.2, 0.25) is 0 Å². The molecule has 0 aromatic rings. The zero-order chi connectivity index (χ0) is 15.5. The van der Waals surface area contributed by atoms with Crippen molar-refractivity contribution in [3.8, 4) is 0 Å². The van der Waals surface area contributed by atoms with Crippen LogP contribution in [0, 0.1) is 0 Å². The van der Waals surface area contributed by atoms with Crippen LogP contribution >= 0.6 is 0 Å². The maximum Gasteiger partial charge on any atom is 0.344 e. The number of amides is 3. The minimum absolute atomic E-state index is 0.196. The topological polar surface area (TPSA) is 94.6 Å². The number of piperidine rings is 1. The van der Waals surface area contributed by atoms with Gasteiger partial charge >= 0.3 is 6.03 Å². The maximum atomic E-state index is 12.1. The lowest BCUT2D eigenvalue weighted by atomic mass is 10.0. The van der Waals surface area contributed by atoms with Crippen LogP contribution in [-0.4, -0.2) is 90.1 Å². The first-order valence-electron chi connectivity index (χ1n) is 7.67. The van der Waals surface area contributed by atoms with Gasteiger partial charge in [0.15, 0.2) is 0 Å². The SMILES string of the molecule is O=C(NOCCN1CCOCC1)[C@@H]1CC[C@@H]2CN1C(=O)N2O. The quantitative estimate of drug-likeness (QED) is 0.385. The summed E-state index contributed by atoms with van der Waals surface area (Å²) in [5.74, 6) is -0.330. The summed E-state index contributed by atoms with van der Waals surface area (Å²) in [6.07, 6.45) is 1.15. The number of rotatable bonds is 5. The van der Waals surface area contributed by atoms with Crippen molar-refractivity contribution in [2.24, 2.45) is 0 Å². The highest BCUT2D eigenvalue weighted by Gasteiger charge is 2.46. The first-order chi connectivity index (χ1) is 10.7. The van der Waals surface area contributed by atoms with Crippen LogP contribution in [0.25, 0.3) is 0 Å². The summed E-state index contributed by atoms with van der Waals surface area (Å²) in [5, 5.41) is 10.3. The third kappa shape index (κ3) is 3.17. The second-order valence-corrected chi connectivity index (χ2v) is 5.80. The number of nitrogens with zero attached hydrogens (tertiary/aromatic N) is 3. The highest BCUT2D eigenvalue weighted by Crippen LogP contribution is 2.28. The molecule has 22 heavy (non-hydrogen) atoms. The second-order valence-electron chi connectivity index (χ2n) is 5.80.